The van der Waals surface area contributed by atoms with E-state index in [1.807, 2.05) is 0 Å². The van der Waals surface area contributed by atoms with Crippen molar-refractivity contribution in [3.05, 3.63) is 12.7 Å². The molecule has 0 rings (SSSR count). The van der Waals surface area contributed by atoms with Gasteiger partial charge in [-0.1, -0.05) is 12.5 Å². The van der Waals surface area contributed by atoms with Crippen LogP contribution in [0.3, 0.4) is 0 Å². The molecule has 0 aliphatic rings. The molecule has 0 aromatic rings. The smallest absolute Gasteiger partial charge is 0.414 e. The molecule has 0 fully saturated rings. The largest absolute Gasteiger partial charge is 0.480 e. The number of alkyl carbamates (subject to hydrolysis) is 1. The van der Waals surface area contributed by atoms with Gasteiger partial charge in [0.25, 0.3) is 0 Å². The number of allylic oxidation sites excluding steroid dienone is 1. The Morgan fingerprint density at radius 1 is 1.29 bits per heavy atom. The van der Waals surface area contributed by atoms with Crippen molar-refractivity contribution in [2.45, 2.75) is 64.5 Å². The summed E-state index contributed by atoms with van der Waals surface area (Å²) in [6, 6.07) is -0.716. The summed E-state index contributed by atoms with van der Waals surface area (Å²) in [7, 11) is 0. The predicted octanol–water partition coefficient (Wildman–Crippen LogP) is 1.53. The average molecular weight is 345 g/mol. The molecule has 6 N–H and O–H groups in total. The quantitative estimate of drug-likeness (QED) is 0.385. The van der Waals surface area contributed by atoms with Gasteiger partial charge in [-0.2, -0.15) is 0 Å². The van der Waals surface area contributed by atoms with E-state index < -0.39 is 23.7 Å². The number of amides is 2. The summed E-state index contributed by atoms with van der Waals surface area (Å²) in [5.41, 5.74) is 9.84. The van der Waals surface area contributed by atoms with Crippen LogP contribution in [0.4, 0.5) is 4.79 Å². The SMILES string of the molecule is C=CCCC(=O)NC(=O)OC(C)(C)C.NCCCC[C@H](N)C(=O)O. The van der Waals surface area contributed by atoms with E-state index in [4.69, 9.17) is 21.3 Å². The molecule has 0 saturated heterocycles. The third-order valence-electron chi connectivity index (χ3n) is 2.50. The lowest BCUT2D eigenvalue weighted by Gasteiger charge is -2.19. The Kier molecular flexibility index (Phi) is 13.7. The van der Waals surface area contributed by atoms with Gasteiger partial charge in [-0.15, -0.1) is 6.58 Å². The van der Waals surface area contributed by atoms with E-state index in [-0.39, 0.29) is 12.3 Å². The first-order valence-corrected chi connectivity index (χ1v) is 7.85. The van der Waals surface area contributed by atoms with Crippen molar-refractivity contribution in [3.8, 4) is 0 Å². The maximum Gasteiger partial charge on any atom is 0.414 e. The van der Waals surface area contributed by atoms with Crippen molar-refractivity contribution in [2.24, 2.45) is 11.5 Å². The van der Waals surface area contributed by atoms with E-state index in [2.05, 4.69) is 11.9 Å². The molecule has 8 heteroatoms. The zero-order valence-electron chi connectivity index (χ0n) is 14.8. The molecule has 0 saturated carbocycles. The van der Waals surface area contributed by atoms with E-state index in [1.165, 1.54) is 0 Å². The lowest BCUT2D eigenvalue weighted by atomic mass is 10.1. The summed E-state index contributed by atoms with van der Waals surface area (Å²) in [5, 5.41) is 10.4. The van der Waals surface area contributed by atoms with Crippen molar-refractivity contribution in [3.63, 3.8) is 0 Å². The monoisotopic (exact) mass is 345 g/mol. The van der Waals surface area contributed by atoms with Gasteiger partial charge in [0.05, 0.1) is 0 Å². The van der Waals surface area contributed by atoms with Crippen molar-refractivity contribution in [1.82, 2.24) is 5.32 Å². The molecule has 0 aliphatic carbocycles. The van der Waals surface area contributed by atoms with Crippen molar-refractivity contribution < 1.29 is 24.2 Å². The molecule has 0 aliphatic heterocycles. The summed E-state index contributed by atoms with van der Waals surface area (Å²) in [6.07, 6.45) is 3.88. The van der Waals surface area contributed by atoms with Gasteiger partial charge in [-0.25, -0.2) is 4.79 Å². The lowest BCUT2D eigenvalue weighted by Crippen LogP contribution is -2.36. The highest BCUT2D eigenvalue weighted by molar-refractivity contribution is 5.91. The molecular formula is C16H31N3O5. The molecule has 0 heterocycles. The summed E-state index contributed by atoms with van der Waals surface area (Å²) >= 11 is 0. The minimum Gasteiger partial charge on any atom is -0.480 e. The highest BCUT2D eigenvalue weighted by atomic mass is 16.6. The minimum atomic E-state index is -0.933. The highest BCUT2D eigenvalue weighted by Crippen LogP contribution is 2.06. The van der Waals surface area contributed by atoms with E-state index in [1.54, 1.807) is 26.8 Å². The average Bonchev–Trinajstić information content (AvgIpc) is 2.43. The summed E-state index contributed by atoms with van der Waals surface area (Å²) in [6.45, 7) is 9.29. The summed E-state index contributed by atoms with van der Waals surface area (Å²) in [5.74, 6) is -1.28. The number of carboxylic acid groups (broad SMARTS) is 1. The fourth-order valence-electron chi connectivity index (χ4n) is 1.35. The van der Waals surface area contributed by atoms with E-state index in [9.17, 15) is 14.4 Å². The van der Waals surface area contributed by atoms with Crippen LogP contribution in [0.1, 0.15) is 52.9 Å². The Labute approximate surface area is 143 Å². The van der Waals surface area contributed by atoms with Gasteiger partial charge < -0.3 is 21.3 Å². The number of hydrogen-bond acceptors (Lipinski definition) is 6. The number of nitrogens with one attached hydrogen (secondary N) is 1. The molecule has 0 spiro atoms. The van der Waals surface area contributed by atoms with Crippen molar-refractivity contribution >= 4 is 18.0 Å². The van der Waals surface area contributed by atoms with Crippen LogP contribution in [0.15, 0.2) is 12.7 Å². The summed E-state index contributed by atoms with van der Waals surface area (Å²) in [4.78, 5) is 32.2. The fourth-order valence-corrected chi connectivity index (χ4v) is 1.35. The molecule has 24 heavy (non-hydrogen) atoms. The van der Waals surface area contributed by atoms with Crippen LogP contribution in [-0.4, -0.2) is 41.3 Å². The second kappa shape index (κ2) is 13.5. The molecule has 2 amide bonds. The molecule has 1 atom stereocenters. The molecule has 140 valence electrons. The summed E-state index contributed by atoms with van der Waals surface area (Å²) < 4.78 is 4.89. The van der Waals surface area contributed by atoms with Crippen LogP contribution in [-0.2, 0) is 14.3 Å². The van der Waals surface area contributed by atoms with Gasteiger partial charge in [-0.3, -0.25) is 14.9 Å². The van der Waals surface area contributed by atoms with Crippen LogP contribution in [0.25, 0.3) is 0 Å². The van der Waals surface area contributed by atoms with E-state index in [0.29, 0.717) is 19.4 Å². The Morgan fingerprint density at radius 3 is 2.29 bits per heavy atom. The Balaban J connectivity index is 0. The molecule has 0 aromatic carbocycles. The third kappa shape index (κ3) is 18.1. The number of carbonyl (C=O) groups excluding carboxylic acids is 2. The van der Waals surface area contributed by atoms with Gasteiger partial charge in [0, 0.05) is 6.42 Å². The zero-order chi connectivity index (χ0) is 19.2. The molecule has 0 bridgehead atoms. The molecule has 0 aromatic heterocycles. The van der Waals surface area contributed by atoms with Crippen molar-refractivity contribution in [2.75, 3.05) is 6.54 Å². The van der Waals surface area contributed by atoms with Gasteiger partial charge in [-0.05, 0) is 46.6 Å². The molecular weight excluding hydrogens is 314 g/mol. The van der Waals surface area contributed by atoms with Gasteiger partial charge in [0.15, 0.2) is 0 Å². The number of rotatable bonds is 8. The zero-order valence-corrected chi connectivity index (χ0v) is 14.8. The van der Waals surface area contributed by atoms with Crippen LogP contribution >= 0.6 is 0 Å². The van der Waals surface area contributed by atoms with Crippen LogP contribution in [0.5, 0.6) is 0 Å². The first kappa shape index (κ1) is 24.3. The first-order valence-electron chi connectivity index (χ1n) is 7.85. The number of carboxylic acids is 1. The third-order valence-corrected chi connectivity index (χ3v) is 2.50. The number of hydrogen-bond donors (Lipinski definition) is 4. The van der Waals surface area contributed by atoms with Crippen LogP contribution in [0, 0.1) is 0 Å². The Bertz CT molecular complexity index is 405. The molecule has 8 nitrogen and oxygen atoms in total. The van der Waals surface area contributed by atoms with Gasteiger partial charge >= 0.3 is 12.1 Å². The number of ether oxygens (including phenoxy) is 1. The molecule has 0 unspecified atom stereocenters. The predicted molar refractivity (Wildman–Crippen MR) is 92.3 cm³/mol. The van der Waals surface area contributed by atoms with E-state index in [0.717, 1.165) is 12.8 Å². The normalized spacial score (nSPS) is 11.5. The Morgan fingerprint density at radius 2 is 1.88 bits per heavy atom. The number of unbranched alkanes of at least 4 members (excludes halogenated alkanes) is 1. The minimum absolute atomic E-state index is 0.253. The number of nitrogens with two attached hydrogens (primary N) is 2. The highest BCUT2D eigenvalue weighted by Gasteiger charge is 2.17. The van der Waals surface area contributed by atoms with Crippen LogP contribution in [0.2, 0.25) is 0 Å². The van der Waals surface area contributed by atoms with Crippen LogP contribution < -0.4 is 16.8 Å². The number of carbonyl (C=O) groups is 3. The molecule has 0 radical (unpaired) electrons. The maximum absolute atomic E-state index is 11.1. The standard InChI is InChI=1S/C10H17NO3.C6H14N2O2/c1-5-6-7-8(12)11-9(13)14-10(2,3)4;7-4-2-1-3-5(8)6(9)10/h5H,1,6-7H2,2-4H3,(H,11,12,13);5H,1-4,7-8H2,(H,9,10)/t;5-/m.0/s1. The maximum atomic E-state index is 11.1. The second-order valence-electron chi connectivity index (χ2n) is 6.11. The Hall–Kier alpha value is -1.93. The topological polar surface area (TPSA) is 145 Å². The van der Waals surface area contributed by atoms with E-state index >= 15 is 0 Å². The fraction of sp³-hybridized carbons (Fsp3) is 0.688. The first-order chi connectivity index (χ1) is 11.0. The number of aliphatic carboxylic acids is 1. The number of imide groups is 1. The lowest BCUT2D eigenvalue weighted by molar-refractivity contribution is -0.138. The second-order valence-corrected chi connectivity index (χ2v) is 6.11. The van der Waals surface area contributed by atoms with Gasteiger partial charge in [0.2, 0.25) is 5.91 Å². The van der Waals surface area contributed by atoms with Gasteiger partial charge in [0.1, 0.15) is 11.6 Å². The van der Waals surface area contributed by atoms with Crippen molar-refractivity contribution in [1.29, 1.82) is 0 Å².